The highest BCUT2D eigenvalue weighted by atomic mass is 16.5. The van der Waals surface area contributed by atoms with Crippen LogP contribution < -0.4 is 15.7 Å². The molecule has 136 valence electrons. The van der Waals surface area contributed by atoms with Gasteiger partial charge >= 0.3 is 13.1 Å². The van der Waals surface area contributed by atoms with Crippen LogP contribution in [0.1, 0.15) is 27.3 Å². The highest BCUT2D eigenvalue weighted by Gasteiger charge is 2.37. The molecule has 2 heterocycles. The number of nitrogens with zero attached hydrogens (tertiary/aromatic N) is 2. The van der Waals surface area contributed by atoms with E-state index < -0.39 is 19.0 Å². The largest absolute Gasteiger partial charge is 0.547 e. The molecule has 0 aliphatic carbocycles. The molecule has 2 aromatic rings. The van der Waals surface area contributed by atoms with Crippen LogP contribution in [0.3, 0.4) is 0 Å². The summed E-state index contributed by atoms with van der Waals surface area (Å²) in [5, 5.41) is 32.3. The number of carbonyl (C=O) groups excluding carboxylic acids is 1. The van der Waals surface area contributed by atoms with Gasteiger partial charge < -0.3 is 25.8 Å². The lowest BCUT2D eigenvalue weighted by atomic mass is 9.72. The Bertz CT molecular complexity index is 827. The number of H-pyrrole nitrogens is 1. The lowest BCUT2D eigenvalue weighted by molar-refractivity contribution is -0.120. The second-order valence-electron chi connectivity index (χ2n) is 5.94. The van der Waals surface area contributed by atoms with Crippen LogP contribution >= 0.6 is 0 Å². The number of aromatic amines is 1. The molecule has 0 saturated heterocycles. The molecule has 0 bridgehead atoms. The number of carboxylic acid groups (broad SMARTS) is 1. The zero-order valence-electron chi connectivity index (χ0n) is 13.8. The van der Waals surface area contributed by atoms with Crippen LogP contribution in [0, 0.1) is 0 Å². The second kappa shape index (κ2) is 7.54. The smallest absolute Gasteiger partial charge is 0.534 e. The maximum absolute atomic E-state index is 12.3. The quantitative estimate of drug-likeness (QED) is 0.397. The first-order chi connectivity index (χ1) is 12.5. The van der Waals surface area contributed by atoms with Crippen molar-refractivity contribution in [3.05, 3.63) is 40.7 Å². The van der Waals surface area contributed by atoms with Gasteiger partial charge in [-0.05, 0) is 24.6 Å². The number of aromatic carboxylic acids is 1. The number of fused-ring (bicyclic) bond motifs is 1. The van der Waals surface area contributed by atoms with Crippen molar-refractivity contribution in [2.75, 3.05) is 6.54 Å². The van der Waals surface area contributed by atoms with Crippen LogP contribution in [0.15, 0.2) is 18.2 Å². The molecule has 1 aliphatic heterocycles. The maximum Gasteiger partial charge on any atom is 0.547 e. The molecule has 0 unspecified atom stereocenters. The number of hydrogen-bond donors (Lipinski definition) is 5. The molecule has 6 N–H and O–H groups in total. The Morgan fingerprint density at radius 1 is 1.46 bits per heavy atom. The van der Waals surface area contributed by atoms with Crippen LogP contribution in [0.4, 0.5) is 0 Å². The van der Waals surface area contributed by atoms with Gasteiger partial charge in [0.1, 0.15) is 5.75 Å². The molecule has 0 spiro atoms. The third-order valence-electron chi connectivity index (χ3n) is 4.12. The minimum Gasteiger partial charge on any atom is -0.534 e. The Hall–Kier alpha value is -2.92. The highest BCUT2D eigenvalue weighted by molar-refractivity contribution is 6.47. The SMILES string of the molecule is NCCc1[nH]nnc1CC(=O)N[C@H]1Cc2cccc(C(=O)O)c2OB1O. The van der Waals surface area contributed by atoms with Gasteiger partial charge in [0.2, 0.25) is 5.91 Å². The van der Waals surface area contributed by atoms with E-state index in [-0.39, 0.29) is 30.1 Å². The molecule has 26 heavy (non-hydrogen) atoms. The molecule has 1 aliphatic rings. The number of benzene rings is 1. The molecule has 1 aromatic carbocycles. The van der Waals surface area contributed by atoms with Gasteiger partial charge in [0.15, 0.2) is 0 Å². The number of amides is 1. The lowest BCUT2D eigenvalue weighted by Crippen LogP contribution is -2.53. The van der Waals surface area contributed by atoms with Gasteiger partial charge in [0, 0.05) is 6.42 Å². The number of hydrogen-bond acceptors (Lipinski definition) is 7. The molecule has 10 nitrogen and oxygen atoms in total. The predicted octanol–water partition coefficient (Wildman–Crippen LogP) is -1.31. The van der Waals surface area contributed by atoms with Gasteiger partial charge in [-0.1, -0.05) is 17.3 Å². The molecule has 1 aromatic heterocycles. The number of aromatic nitrogens is 3. The first kappa shape index (κ1) is 17.9. The summed E-state index contributed by atoms with van der Waals surface area (Å²) in [6.07, 6.45) is 0.755. The fourth-order valence-electron chi connectivity index (χ4n) is 2.88. The molecule has 0 fully saturated rings. The van der Waals surface area contributed by atoms with Crippen molar-refractivity contribution >= 4 is 19.0 Å². The molecular weight excluding hydrogens is 341 g/mol. The minimum absolute atomic E-state index is 0.0168. The Morgan fingerprint density at radius 2 is 2.27 bits per heavy atom. The fourth-order valence-corrected chi connectivity index (χ4v) is 2.88. The first-order valence-electron chi connectivity index (χ1n) is 8.07. The Balaban J connectivity index is 1.69. The number of rotatable bonds is 6. The van der Waals surface area contributed by atoms with Gasteiger partial charge in [0.05, 0.1) is 29.3 Å². The summed E-state index contributed by atoms with van der Waals surface area (Å²) in [5.74, 6) is -2.08. The highest BCUT2D eigenvalue weighted by Crippen LogP contribution is 2.30. The van der Waals surface area contributed by atoms with E-state index in [0.29, 0.717) is 29.9 Å². The topological polar surface area (TPSA) is 163 Å². The molecule has 11 heteroatoms. The van der Waals surface area contributed by atoms with Gasteiger partial charge in [-0.15, -0.1) is 5.10 Å². The van der Waals surface area contributed by atoms with Crippen molar-refractivity contribution in [2.45, 2.75) is 25.2 Å². The molecule has 0 radical (unpaired) electrons. The maximum atomic E-state index is 12.3. The summed E-state index contributed by atoms with van der Waals surface area (Å²) in [7, 11) is -1.35. The van der Waals surface area contributed by atoms with Crippen molar-refractivity contribution < 1.29 is 24.4 Å². The first-order valence-corrected chi connectivity index (χ1v) is 8.07. The fraction of sp³-hybridized carbons (Fsp3) is 0.333. The summed E-state index contributed by atoms with van der Waals surface area (Å²) in [4.78, 5) is 23.5. The molecule has 3 rings (SSSR count). The van der Waals surface area contributed by atoms with E-state index in [1.165, 1.54) is 6.07 Å². The average molecular weight is 359 g/mol. The monoisotopic (exact) mass is 359 g/mol. The third kappa shape index (κ3) is 3.68. The molecule has 1 atom stereocenters. The Labute approximate surface area is 148 Å². The van der Waals surface area contributed by atoms with E-state index in [2.05, 4.69) is 20.7 Å². The van der Waals surface area contributed by atoms with Gasteiger partial charge in [0.25, 0.3) is 0 Å². The minimum atomic E-state index is -1.35. The number of nitrogens with one attached hydrogen (secondary N) is 2. The summed E-state index contributed by atoms with van der Waals surface area (Å²) in [5.41, 5.74) is 7.26. The van der Waals surface area contributed by atoms with E-state index in [9.17, 15) is 19.7 Å². The van der Waals surface area contributed by atoms with E-state index >= 15 is 0 Å². The standard InChI is InChI=1S/C15H18BN5O5/c17-5-4-10-11(20-21-19-10)7-13(22)18-12-6-8-2-1-3-9(15(23)24)14(8)26-16(12)25/h1-3,12,25H,4-7,17H2,(H,18,22)(H,23,24)(H,19,20,21)/t12-/m0/s1. The number of carboxylic acids is 1. The zero-order valence-corrected chi connectivity index (χ0v) is 13.8. The normalized spacial score (nSPS) is 15.9. The number of nitrogens with two attached hydrogens (primary N) is 1. The van der Waals surface area contributed by atoms with Gasteiger partial charge in [-0.2, -0.15) is 0 Å². The average Bonchev–Trinajstić information content (AvgIpc) is 3.02. The summed E-state index contributed by atoms with van der Waals surface area (Å²) in [6.45, 7) is 0.399. The Kier molecular flexibility index (Phi) is 5.19. The third-order valence-corrected chi connectivity index (χ3v) is 4.12. The van der Waals surface area contributed by atoms with E-state index in [1.807, 2.05) is 0 Å². The Morgan fingerprint density at radius 3 is 3.00 bits per heavy atom. The predicted molar refractivity (Wildman–Crippen MR) is 90.5 cm³/mol. The number of para-hydroxylation sites is 1. The van der Waals surface area contributed by atoms with Crippen LogP contribution in [0.5, 0.6) is 5.75 Å². The number of carbonyl (C=O) groups is 2. The van der Waals surface area contributed by atoms with E-state index in [1.54, 1.807) is 12.1 Å². The summed E-state index contributed by atoms with van der Waals surface area (Å²) >= 11 is 0. The van der Waals surface area contributed by atoms with Gasteiger partial charge in [-0.25, -0.2) is 4.79 Å². The summed E-state index contributed by atoms with van der Waals surface area (Å²) in [6, 6.07) is 4.69. The van der Waals surface area contributed by atoms with Crippen molar-refractivity contribution in [2.24, 2.45) is 5.73 Å². The molecule has 0 saturated carbocycles. The summed E-state index contributed by atoms with van der Waals surface area (Å²) < 4.78 is 5.34. The van der Waals surface area contributed by atoms with Crippen molar-refractivity contribution in [3.63, 3.8) is 0 Å². The second-order valence-corrected chi connectivity index (χ2v) is 5.94. The van der Waals surface area contributed by atoms with Crippen LogP contribution in [0.25, 0.3) is 0 Å². The van der Waals surface area contributed by atoms with Crippen LogP contribution in [-0.2, 0) is 24.1 Å². The molecular formula is C15H18BN5O5. The van der Waals surface area contributed by atoms with E-state index in [0.717, 1.165) is 0 Å². The zero-order chi connectivity index (χ0) is 18.7. The van der Waals surface area contributed by atoms with Crippen molar-refractivity contribution in [3.8, 4) is 5.75 Å². The van der Waals surface area contributed by atoms with Crippen LogP contribution in [-0.4, -0.2) is 57.0 Å². The molecule has 1 amide bonds. The lowest BCUT2D eigenvalue weighted by Gasteiger charge is -2.28. The van der Waals surface area contributed by atoms with E-state index in [4.69, 9.17) is 10.4 Å². The van der Waals surface area contributed by atoms with Gasteiger partial charge in [-0.3, -0.25) is 9.89 Å². The van der Waals surface area contributed by atoms with Crippen molar-refractivity contribution in [1.29, 1.82) is 0 Å². The van der Waals surface area contributed by atoms with Crippen molar-refractivity contribution in [1.82, 2.24) is 20.7 Å². The van der Waals surface area contributed by atoms with Crippen LogP contribution in [0.2, 0.25) is 0 Å².